The molecular weight excluding hydrogens is 406 g/mol. The number of piperidine rings is 1. The van der Waals surface area contributed by atoms with Gasteiger partial charge in [0.05, 0.1) is 12.0 Å². The van der Waals surface area contributed by atoms with Crippen LogP contribution in [0.4, 0.5) is 0 Å². The molecule has 2 amide bonds. The maximum atomic E-state index is 13.3. The number of benzene rings is 1. The minimum absolute atomic E-state index is 0.0649. The third kappa shape index (κ3) is 5.47. The Kier molecular flexibility index (Phi) is 7.39. The van der Waals surface area contributed by atoms with Crippen LogP contribution in [0.15, 0.2) is 36.9 Å². The molecule has 0 aliphatic carbocycles. The number of ether oxygens (including phenoxy) is 1. The van der Waals surface area contributed by atoms with Crippen LogP contribution in [0.25, 0.3) is 0 Å². The van der Waals surface area contributed by atoms with E-state index in [0.29, 0.717) is 39.1 Å². The molecule has 0 radical (unpaired) electrons. The van der Waals surface area contributed by atoms with Crippen molar-refractivity contribution >= 4 is 11.8 Å². The molecule has 1 saturated heterocycles. The monoisotopic (exact) mass is 439 g/mol. The summed E-state index contributed by atoms with van der Waals surface area (Å²) in [4.78, 5) is 32.0. The van der Waals surface area contributed by atoms with Crippen molar-refractivity contribution in [3.63, 3.8) is 0 Å². The van der Waals surface area contributed by atoms with E-state index in [1.807, 2.05) is 23.1 Å². The number of hydrogen-bond acceptors (Lipinski definition) is 5. The second-order valence-electron chi connectivity index (χ2n) is 8.88. The molecule has 1 N–H and O–H groups in total. The van der Waals surface area contributed by atoms with Crippen molar-refractivity contribution in [2.24, 2.45) is 5.41 Å². The fourth-order valence-electron chi connectivity index (χ4n) is 4.89. The van der Waals surface area contributed by atoms with Crippen molar-refractivity contribution in [2.45, 2.75) is 57.9 Å². The number of aryl methyl sites for hydroxylation is 2. The van der Waals surface area contributed by atoms with Crippen LogP contribution in [0.5, 0.6) is 5.75 Å². The van der Waals surface area contributed by atoms with Crippen molar-refractivity contribution in [1.82, 2.24) is 25.0 Å². The number of amides is 2. The molecule has 2 aliphatic heterocycles. The zero-order valence-electron chi connectivity index (χ0n) is 18.7. The average Bonchev–Trinajstić information content (AvgIpc) is 3.33. The Morgan fingerprint density at radius 1 is 1.19 bits per heavy atom. The van der Waals surface area contributed by atoms with E-state index in [-0.39, 0.29) is 11.8 Å². The smallest absolute Gasteiger partial charge is 0.228 e. The summed E-state index contributed by atoms with van der Waals surface area (Å²) < 4.78 is 7.67. The number of hydrogen-bond donors (Lipinski definition) is 1. The van der Waals surface area contributed by atoms with Gasteiger partial charge in [0, 0.05) is 26.1 Å². The number of carbonyl (C=O) groups is 2. The molecule has 1 spiro atoms. The van der Waals surface area contributed by atoms with Gasteiger partial charge in [0.1, 0.15) is 25.0 Å². The van der Waals surface area contributed by atoms with Gasteiger partial charge in [0.2, 0.25) is 11.8 Å². The molecule has 2 aromatic rings. The highest BCUT2D eigenvalue weighted by Crippen LogP contribution is 2.36. The van der Waals surface area contributed by atoms with E-state index in [4.69, 9.17) is 4.74 Å². The van der Waals surface area contributed by atoms with Gasteiger partial charge in [-0.15, -0.1) is 0 Å². The third-order valence-corrected chi connectivity index (χ3v) is 6.62. The summed E-state index contributed by atoms with van der Waals surface area (Å²) in [5.74, 6) is 1.10. The molecule has 8 nitrogen and oxygen atoms in total. The first-order valence-corrected chi connectivity index (χ1v) is 11.8. The van der Waals surface area contributed by atoms with Gasteiger partial charge < -0.3 is 15.0 Å². The predicted octanol–water partition coefficient (Wildman–Crippen LogP) is 2.59. The van der Waals surface area contributed by atoms with Crippen LogP contribution in [-0.2, 0) is 22.6 Å². The molecule has 1 atom stereocenters. The second kappa shape index (κ2) is 10.6. The molecule has 1 aromatic carbocycles. The van der Waals surface area contributed by atoms with E-state index >= 15 is 0 Å². The van der Waals surface area contributed by atoms with E-state index in [1.165, 1.54) is 11.9 Å². The summed E-state index contributed by atoms with van der Waals surface area (Å²) in [6.45, 7) is 2.84. The molecule has 3 heterocycles. The number of rotatable bonds is 4. The van der Waals surface area contributed by atoms with Gasteiger partial charge in [0.15, 0.2) is 0 Å². The molecule has 0 bridgehead atoms. The molecule has 8 heteroatoms. The lowest BCUT2D eigenvalue weighted by Gasteiger charge is -2.42. The normalized spacial score (nSPS) is 22.2. The summed E-state index contributed by atoms with van der Waals surface area (Å²) in [6.07, 6.45) is 9.75. The number of para-hydroxylation sites is 1. The van der Waals surface area contributed by atoms with E-state index in [9.17, 15) is 9.59 Å². The molecule has 1 fully saturated rings. The van der Waals surface area contributed by atoms with Gasteiger partial charge in [-0.05, 0) is 50.2 Å². The van der Waals surface area contributed by atoms with Crippen LogP contribution in [-0.4, -0.2) is 57.7 Å². The maximum Gasteiger partial charge on any atom is 0.228 e. The van der Waals surface area contributed by atoms with Gasteiger partial charge in [-0.3, -0.25) is 14.3 Å². The number of carbonyl (C=O) groups excluding carboxylic acids is 2. The fourth-order valence-corrected chi connectivity index (χ4v) is 4.89. The predicted molar refractivity (Wildman–Crippen MR) is 120 cm³/mol. The van der Waals surface area contributed by atoms with Gasteiger partial charge in [0.25, 0.3) is 0 Å². The zero-order valence-corrected chi connectivity index (χ0v) is 18.7. The highest BCUT2D eigenvalue weighted by Gasteiger charge is 2.42. The van der Waals surface area contributed by atoms with Crippen LogP contribution in [0, 0.1) is 5.41 Å². The molecule has 1 aromatic heterocycles. The molecule has 4 rings (SSSR count). The van der Waals surface area contributed by atoms with E-state index in [2.05, 4.69) is 21.5 Å². The molecule has 0 saturated carbocycles. The standard InChI is InChI=1S/C24H33N5O3/c30-22(10-5-15-29-19-25-18-27-29)28-14-6-12-24(17-28)11-4-3-8-20-7-1-2-9-21(20)32-16-13-26-23(24)31/h1-2,7,9,18-19H,3-6,8,10-17H2,(H,26,31). The number of likely N-dealkylation sites (tertiary alicyclic amines) is 1. The molecule has 2 aliphatic rings. The van der Waals surface area contributed by atoms with E-state index in [0.717, 1.165) is 50.8 Å². The minimum Gasteiger partial charge on any atom is -0.491 e. The summed E-state index contributed by atoms with van der Waals surface area (Å²) in [5.41, 5.74) is 0.722. The Hall–Kier alpha value is -2.90. The number of nitrogens with zero attached hydrogens (tertiary/aromatic N) is 4. The quantitative estimate of drug-likeness (QED) is 0.791. The van der Waals surface area contributed by atoms with Gasteiger partial charge in [-0.25, -0.2) is 4.98 Å². The van der Waals surface area contributed by atoms with Gasteiger partial charge in [-0.1, -0.05) is 24.6 Å². The summed E-state index contributed by atoms with van der Waals surface area (Å²) in [5, 5.41) is 7.18. The largest absolute Gasteiger partial charge is 0.491 e. The van der Waals surface area contributed by atoms with Crippen molar-refractivity contribution in [1.29, 1.82) is 0 Å². The van der Waals surface area contributed by atoms with Crippen LogP contribution < -0.4 is 10.1 Å². The van der Waals surface area contributed by atoms with Crippen LogP contribution in [0.2, 0.25) is 0 Å². The Labute approximate surface area is 189 Å². The highest BCUT2D eigenvalue weighted by atomic mass is 16.5. The summed E-state index contributed by atoms with van der Waals surface area (Å²) in [6, 6.07) is 8.15. The molecule has 32 heavy (non-hydrogen) atoms. The minimum atomic E-state index is -0.501. The Morgan fingerprint density at radius 3 is 2.94 bits per heavy atom. The average molecular weight is 440 g/mol. The SMILES string of the molecule is O=C(CCCn1cncn1)N1CCCC2(CCCCc3ccccc3OCCNC2=O)C1. The number of aromatic nitrogens is 3. The fraction of sp³-hybridized carbons (Fsp3) is 0.583. The van der Waals surface area contributed by atoms with Crippen LogP contribution in [0.3, 0.4) is 0 Å². The van der Waals surface area contributed by atoms with Crippen molar-refractivity contribution in [3.05, 3.63) is 42.5 Å². The number of fused-ring (bicyclic) bond motifs is 1. The third-order valence-electron chi connectivity index (χ3n) is 6.62. The van der Waals surface area contributed by atoms with Crippen molar-refractivity contribution < 1.29 is 14.3 Å². The summed E-state index contributed by atoms with van der Waals surface area (Å²) >= 11 is 0. The zero-order chi connectivity index (χ0) is 22.2. The second-order valence-corrected chi connectivity index (χ2v) is 8.88. The summed E-state index contributed by atoms with van der Waals surface area (Å²) in [7, 11) is 0. The van der Waals surface area contributed by atoms with Gasteiger partial charge >= 0.3 is 0 Å². The van der Waals surface area contributed by atoms with Gasteiger partial charge in [-0.2, -0.15) is 5.10 Å². The highest BCUT2D eigenvalue weighted by molar-refractivity contribution is 5.84. The molecular formula is C24H33N5O3. The first-order chi connectivity index (χ1) is 15.7. The number of nitrogens with one attached hydrogen (secondary N) is 1. The Bertz CT molecular complexity index is 901. The lowest BCUT2D eigenvalue weighted by Crippen LogP contribution is -2.54. The topological polar surface area (TPSA) is 89.3 Å². The van der Waals surface area contributed by atoms with Crippen LogP contribution >= 0.6 is 0 Å². The first kappa shape index (κ1) is 22.3. The van der Waals surface area contributed by atoms with Crippen LogP contribution in [0.1, 0.15) is 50.5 Å². The van der Waals surface area contributed by atoms with E-state index < -0.39 is 5.41 Å². The molecule has 172 valence electrons. The lowest BCUT2D eigenvalue weighted by atomic mass is 9.74. The lowest BCUT2D eigenvalue weighted by molar-refractivity contribution is -0.142. The van der Waals surface area contributed by atoms with Crippen molar-refractivity contribution in [2.75, 3.05) is 26.2 Å². The molecule has 1 unspecified atom stereocenters. The Balaban J connectivity index is 1.37. The van der Waals surface area contributed by atoms with Crippen molar-refractivity contribution in [3.8, 4) is 5.75 Å². The van der Waals surface area contributed by atoms with E-state index in [1.54, 1.807) is 11.0 Å². The first-order valence-electron chi connectivity index (χ1n) is 11.8. The maximum absolute atomic E-state index is 13.3. The Morgan fingerprint density at radius 2 is 2.06 bits per heavy atom.